The highest BCUT2D eigenvalue weighted by molar-refractivity contribution is 7.16. The number of likely N-dealkylation sites (N-methyl/N-ethyl adjacent to an activating group) is 1. The van der Waals surface area contributed by atoms with Crippen LogP contribution < -0.4 is 11.3 Å². The SMILES string of the molecule is CN(Cc1nc(NN)c2ccsc2n1)C1CCCCC1O. The first-order valence-electron chi connectivity index (χ1n) is 7.28. The van der Waals surface area contributed by atoms with E-state index in [1.165, 1.54) is 6.42 Å². The first-order valence-corrected chi connectivity index (χ1v) is 8.16. The summed E-state index contributed by atoms with van der Waals surface area (Å²) in [6.07, 6.45) is 3.95. The number of hydrogen-bond acceptors (Lipinski definition) is 7. The summed E-state index contributed by atoms with van der Waals surface area (Å²) in [5.74, 6) is 6.95. The van der Waals surface area contributed by atoms with Crippen molar-refractivity contribution in [3.05, 3.63) is 17.3 Å². The van der Waals surface area contributed by atoms with E-state index in [4.69, 9.17) is 5.84 Å². The Bertz CT molecular complexity index is 616. The highest BCUT2D eigenvalue weighted by atomic mass is 32.1. The van der Waals surface area contributed by atoms with Crippen molar-refractivity contribution in [3.63, 3.8) is 0 Å². The zero-order valence-corrected chi connectivity index (χ0v) is 12.9. The number of aromatic nitrogens is 2. The fourth-order valence-corrected chi connectivity index (χ4v) is 3.81. The molecule has 7 heteroatoms. The number of fused-ring (bicyclic) bond motifs is 1. The fraction of sp³-hybridized carbons (Fsp3) is 0.571. The van der Waals surface area contributed by atoms with E-state index in [0.717, 1.165) is 35.3 Å². The zero-order valence-electron chi connectivity index (χ0n) is 12.1. The molecule has 0 saturated heterocycles. The van der Waals surface area contributed by atoms with Crippen molar-refractivity contribution in [2.45, 2.75) is 44.4 Å². The Labute approximate surface area is 128 Å². The van der Waals surface area contributed by atoms with Gasteiger partial charge < -0.3 is 10.5 Å². The second-order valence-corrected chi connectivity index (χ2v) is 6.50. The number of aliphatic hydroxyl groups is 1. The summed E-state index contributed by atoms with van der Waals surface area (Å²) in [5, 5.41) is 13.1. The Balaban J connectivity index is 1.80. The van der Waals surface area contributed by atoms with Gasteiger partial charge in [0.15, 0.2) is 5.82 Å². The average Bonchev–Trinajstić information content (AvgIpc) is 2.95. The van der Waals surface area contributed by atoms with Gasteiger partial charge in [-0.3, -0.25) is 4.90 Å². The molecule has 6 nitrogen and oxygen atoms in total. The van der Waals surface area contributed by atoms with Crippen LogP contribution in [0.4, 0.5) is 5.82 Å². The molecule has 2 heterocycles. The van der Waals surface area contributed by atoms with Crippen molar-refractivity contribution in [3.8, 4) is 0 Å². The first-order chi connectivity index (χ1) is 10.2. The van der Waals surface area contributed by atoms with Gasteiger partial charge in [0.25, 0.3) is 0 Å². The Morgan fingerprint density at radius 3 is 3.00 bits per heavy atom. The Morgan fingerprint density at radius 2 is 2.24 bits per heavy atom. The van der Waals surface area contributed by atoms with E-state index in [-0.39, 0.29) is 12.1 Å². The van der Waals surface area contributed by atoms with Crippen LogP contribution in [-0.2, 0) is 6.54 Å². The van der Waals surface area contributed by atoms with Gasteiger partial charge in [0.05, 0.1) is 18.0 Å². The highest BCUT2D eigenvalue weighted by Crippen LogP contribution is 2.26. The van der Waals surface area contributed by atoms with Gasteiger partial charge in [-0.2, -0.15) is 0 Å². The van der Waals surface area contributed by atoms with Crippen LogP contribution in [0.15, 0.2) is 11.4 Å². The third-order valence-corrected chi connectivity index (χ3v) is 4.97. The molecule has 2 atom stereocenters. The third kappa shape index (κ3) is 3.01. The Kier molecular flexibility index (Phi) is 4.34. The molecule has 1 aliphatic carbocycles. The molecule has 1 saturated carbocycles. The van der Waals surface area contributed by atoms with E-state index < -0.39 is 0 Å². The number of nitrogens with zero attached hydrogens (tertiary/aromatic N) is 3. The monoisotopic (exact) mass is 307 g/mol. The molecule has 0 aliphatic heterocycles. The van der Waals surface area contributed by atoms with Crippen molar-refractivity contribution in [2.75, 3.05) is 12.5 Å². The molecule has 0 aromatic carbocycles. The minimum Gasteiger partial charge on any atom is -0.391 e. The molecule has 114 valence electrons. The predicted molar refractivity (Wildman–Crippen MR) is 85.0 cm³/mol. The first kappa shape index (κ1) is 14.6. The summed E-state index contributed by atoms with van der Waals surface area (Å²) in [6, 6.07) is 2.16. The van der Waals surface area contributed by atoms with Crippen LogP contribution in [0.25, 0.3) is 10.2 Å². The van der Waals surface area contributed by atoms with Crippen molar-refractivity contribution in [2.24, 2.45) is 5.84 Å². The largest absolute Gasteiger partial charge is 0.391 e. The molecule has 2 unspecified atom stereocenters. The maximum atomic E-state index is 10.1. The van der Waals surface area contributed by atoms with E-state index in [9.17, 15) is 5.11 Å². The van der Waals surface area contributed by atoms with Crippen molar-refractivity contribution in [1.82, 2.24) is 14.9 Å². The topological polar surface area (TPSA) is 87.3 Å². The summed E-state index contributed by atoms with van der Waals surface area (Å²) in [6.45, 7) is 0.615. The van der Waals surface area contributed by atoms with Crippen molar-refractivity contribution < 1.29 is 5.11 Å². The summed E-state index contributed by atoms with van der Waals surface area (Å²) in [5.41, 5.74) is 2.65. The predicted octanol–water partition coefficient (Wildman–Crippen LogP) is 1.71. The van der Waals surface area contributed by atoms with Crippen molar-refractivity contribution >= 4 is 27.4 Å². The lowest BCUT2D eigenvalue weighted by atomic mass is 9.91. The van der Waals surface area contributed by atoms with Crippen LogP contribution in [0.2, 0.25) is 0 Å². The van der Waals surface area contributed by atoms with Crippen LogP contribution in [0, 0.1) is 0 Å². The van der Waals surface area contributed by atoms with Crippen molar-refractivity contribution in [1.29, 1.82) is 0 Å². The lowest BCUT2D eigenvalue weighted by Crippen LogP contribution is -2.43. The number of rotatable bonds is 4. The van der Waals surface area contributed by atoms with Gasteiger partial charge in [-0.15, -0.1) is 11.3 Å². The molecule has 1 aliphatic rings. The molecule has 2 aromatic rings. The lowest BCUT2D eigenvalue weighted by Gasteiger charge is -2.34. The minimum absolute atomic E-state index is 0.190. The smallest absolute Gasteiger partial charge is 0.152 e. The summed E-state index contributed by atoms with van der Waals surface area (Å²) in [7, 11) is 2.02. The van der Waals surface area contributed by atoms with Crippen LogP contribution in [0.5, 0.6) is 0 Å². The molecule has 1 fully saturated rings. The standard InChI is InChI=1S/C14H21N5OS/c1-19(10-4-2-3-5-11(10)20)8-12-16-13(18-15)9-6-7-21-14(9)17-12/h6-7,10-11,20H,2-5,8,15H2,1H3,(H,16,17,18). The third-order valence-electron chi connectivity index (χ3n) is 4.16. The van der Waals surface area contributed by atoms with Gasteiger partial charge in [0, 0.05) is 6.04 Å². The van der Waals surface area contributed by atoms with E-state index in [1.807, 2.05) is 18.5 Å². The molecular formula is C14H21N5OS. The summed E-state index contributed by atoms with van der Waals surface area (Å²) in [4.78, 5) is 12.2. The fourth-order valence-electron chi connectivity index (χ4n) is 3.03. The van der Waals surface area contributed by atoms with E-state index in [2.05, 4.69) is 20.3 Å². The van der Waals surface area contributed by atoms with E-state index >= 15 is 0 Å². The second kappa shape index (κ2) is 6.23. The molecule has 0 spiro atoms. The average molecular weight is 307 g/mol. The number of hydrazine groups is 1. The van der Waals surface area contributed by atoms with Gasteiger partial charge in [0.2, 0.25) is 0 Å². The van der Waals surface area contributed by atoms with Gasteiger partial charge in [-0.05, 0) is 31.3 Å². The maximum Gasteiger partial charge on any atom is 0.152 e. The minimum atomic E-state index is -0.249. The van der Waals surface area contributed by atoms with E-state index in [0.29, 0.717) is 12.4 Å². The molecule has 0 amide bonds. The number of nitrogens with two attached hydrogens (primary N) is 1. The van der Waals surface area contributed by atoms with E-state index in [1.54, 1.807) is 11.3 Å². The number of hydrogen-bond donors (Lipinski definition) is 3. The van der Waals surface area contributed by atoms with Crippen LogP contribution in [0.3, 0.4) is 0 Å². The highest BCUT2D eigenvalue weighted by Gasteiger charge is 2.27. The molecule has 3 rings (SSSR count). The van der Waals surface area contributed by atoms with Gasteiger partial charge >= 0.3 is 0 Å². The summed E-state index contributed by atoms with van der Waals surface area (Å²) < 4.78 is 0. The molecule has 0 radical (unpaired) electrons. The number of nitrogens with one attached hydrogen (secondary N) is 1. The number of aliphatic hydroxyl groups excluding tert-OH is 1. The lowest BCUT2D eigenvalue weighted by molar-refractivity contribution is 0.0279. The second-order valence-electron chi connectivity index (χ2n) is 5.61. The Hall–Kier alpha value is -1.28. The maximum absolute atomic E-state index is 10.1. The number of nitrogen functional groups attached to an aromatic ring is 1. The van der Waals surface area contributed by atoms with Crippen LogP contribution in [0.1, 0.15) is 31.5 Å². The number of anilines is 1. The molecule has 2 aromatic heterocycles. The van der Waals surface area contributed by atoms with Crippen LogP contribution in [-0.4, -0.2) is 39.2 Å². The van der Waals surface area contributed by atoms with Gasteiger partial charge in [-0.25, -0.2) is 15.8 Å². The van der Waals surface area contributed by atoms with Gasteiger partial charge in [0.1, 0.15) is 10.7 Å². The zero-order chi connectivity index (χ0) is 14.8. The van der Waals surface area contributed by atoms with Crippen LogP contribution >= 0.6 is 11.3 Å². The molecular weight excluding hydrogens is 286 g/mol. The molecule has 21 heavy (non-hydrogen) atoms. The quantitative estimate of drug-likeness (QED) is 0.589. The molecule has 4 N–H and O–H groups in total. The normalized spacial score (nSPS) is 22.9. The Morgan fingerprint density at radius 1 is 1.43 bits per heavy atom. The van der Waals surface area contributed by atoms with Gasteiger partial charge in [-0.1, -0.05) is 12.8 Å². The number of thiophene rings is 1. The molecule has 0 bridgehead atoms. The summed E-state index contributed by atoms with van der Waals surface area (Å²) >= 11 is 1.58.